The van der Waals surface area contributed by atoms with Gasteiger partial charge in [0.25, 0.3) is 15.9 Å². The topological polar surface area (TPSA) is 123 Å². The number of ether oxygens (including phenoxy) is 2. The van der Waals surface area contributed by atoms with Gasteiger partial charge in [-0.15, -0.1) is 0 Å². The van der Waals surface area contributed by atoms with Crippen molar-refractivity contribution in [2.45, 2.75) is 11.8 Å². The summed E-state index contributed by atoms with van der Waals surface area (Å²) in [6.07, 6.45) is 0. The third-order valence-corrected chi connectivity index (χ3v) is 6.43. The van der Waals surface area contributed by atoms with Crippen molar-refractivity contribution >= 4 is 33.2 Å². The second-order valence-electron chi connectivity index (χ2n) is 7.39. The Bertz CT molecular complexity index is 1360. The van der Waals surface area contributed by atoms with E-state index >= 15 is 0 Å². The third kappa shape index (κ3) is 5.26. The smallest absolute Gasteiger partial charge is 0.262 e. The molecule has 4 rings (SSSR count). The maximum absolute atomic E-state index is 13.1. The first-order valence-electron chi connectivity index (χ1n) is 10.1. The second kappa shape index (κ2) is 9.40. The molecule has 0 bridgehead atoms. The molecule has 0 atom stereocenters. The van der Waals surface area contributed by atoms with Crippen molar-refractivity contribution in [3.05, 3.63) is 77.6 Å². The Balaban J connectivity index is 1.39. The highest BCUT2D eigenvalue weighted by Gasteiger charge is 2.19. The Morgan fingerprint density at radius 3 is 2.41 bits per heavy atom. The van der Waals surface area contributed by atoms with E-state index in [1.165, 1.54) is 24.3 Å². The molecular weight excluding hydrogens is 465 g/mol. The van der Waals surface area contributed by atoms with E-state index in [0.717, 1.165) is 12.1 Å². The number of anilines is 2. The van der Waals surface area contributed by atoms with Gasteiger partial charge in [-0.05, 0) is 67.1 Å². The molecule has 1 aliphatic heterocycles. The van der Waals surface area contributed by atoms with E-state index in [1.807, 2.05) is 0 Å². The van der Waals surface area contributed by atoms with Crippen molar-refractivity contribution in [3.63, 3.8) is 0 Å². The van der Waals surface area contributed by atoms with E-state index in [4.69, 9.17) is 9.47 Å². The van der Waals surface area contributed by atoms with Gasteiger partial charge in [-0.25, -0.2) is 12.8 Å². The van der Waals surface area contributed by atoms with Gasteiger partial charge in [0.2, 0.25) is 12.7 Å². The number of aryl methyl sites for hydroxylation is 1. The summed E-state index contributed by atoms with van der Waals surface area (Å²) in [4.78, 5) is 24.6. The summed E-state index contributed by atoms with van der Waals surface area (Å²) in [6.45, 7) is 1.35. The number of rotatable bonds is 7. The van der Waals surface area contributed by atoms with Crippen LogP contribution in [-0.2, 0) is 14.8 Å². The second-order valence-corrected chi connectivity index (χ2v) is 9.04. The largest absolute Gasteiger partial charge is 0.454 e. The number of fused-ring (bicyclic) bond motifs is 1. The lowest BCUT2D eigenvalue weighted by Crippen LogP contribution is -2.32. The monoisotopic (exact) mass is 485 g/mol. The quantitative estimate of drug-likeness (QED) is 0.473. The van der Waals surface area contributed by atoms with Gasteiger partial charge < -0.3 is 20.1 Å². The van der Waals surface area contributed by atoms with Crippen molar-refractivity contribution in [3.8, 4) is 11.5 Å². The Morgan fingerprint density at radius 2 is 1.65 bits per heavy atom. The summed E-state index contributed by atoms with van der Waals surface area (Å²) in [6, 6.07) is 13.9. The molecule has 0 saturated heterocycles. The average molecular weight is 485 g/mol. The Morgan fingerprint density at radius 1 is 0.941 bits per heavy atom. The predicted octanol–water partition coefficient (Wildman–Crippen LogP) is 3.03. The molecule has 0 saturated carbocycles. The fraction of sp³-hybridized carbons (Fsp3) is 0.130. The molecule has 0 radical (unpaired) electrons. The molecule has 0 unspecified atom stereocenters. The summed E-state index contributed by atoms with van der Waals surface area (Å²) >= 11 is 0. The zero-order valence-corrected chi connectivity index (χ0v) is 18.7. The maximum Gasteiger partial charge on any atom is 0.262 e. The standard InChI is InChI=1S/C23H20FN3O6S/c1-14-2-6-18(11-21(14)34(30,31)27-17-7-4-16(24)5-8-17)26-22(28)12-25-23(29)15-3-9-19-20(10-15)33-13-32-19/h2-11,27H,12-13H2,1H3,(H,25,29)(H,26,28). The van der Waals surface area contributed by atoms with Gasteiger partial charge >= 0.3 is 0 Å². The molecule has 3 N–H and O–H groups in total. The molecule has 2 amide bonds. The van der Waals surface area contributed by atoms with Crippen LogP contribution in [0.4, 0.5) is 15.8 Å². The van der Waals surface area contributed by atoms with Gasteiger partial charge in [-0.1, -0.05) is 6.07 Å². The van der Waals surface area contributed by atoms with Crippen molar-refractivity contribution in [2.75, 3.05) is 23.4 Å². The SMILES string of the molecule is Cc1ccc(NC(=O)CNC(=O)c2ccc3c(c2)OCO3)cc1S(=O)(=O)Nc1ccc(F)cc1. The van der Waals surface area contributed by atoms with Crippen LogP contribution >= 0.6 is 0 Å². The molecule has 9 nitrogen and oxygen atoms in total. The van der Waals surface area contributed by atoms with Crippen LogP contribution in [0, 0.1) is 12.7 Å². The van der Waals surface area contributed by atoms with Gasteiger partial charge in [0.15, 0.2) is 11.5 Å². The van der Waals surface area contributed by atoms with Crippen LogP contribution in [-0.4, -0.2) is 33.6 Å². The Kier molecular flexibility index (Phi) is 6.37. The maximum atomic E-state index is 13.1. The summed E-state index contributed by atoms with van der Waals surface area (Å²) in [5, 5.41) is 5.06. The highest BCUT2D eigenvalue weighted by Crippen LogP contribution is 2.32. The minimum atomic E-state index is -4.00. The van der Waals surface area contributed by atoms with E-state index in [2.05, 4.69) is 15.4 Å². The molecule has 34 heavy (non-hydrogen) atoms. The fourth-order valence-corrected chi connectivity index (χ4v) is 4.53. The number of hydrogen-bond acceptors (Lipinski definition) is 6. The van der Waals surface area contributed by atoms with Gasteiger partial charge in [-0.2, -0.15) is 0 Å². The summed E-state index contributed by atoms with van der Waals surface area (Å²) < 4.78 is 51.5. The lowest BCUT2D eigenvalue weighted by Gasteiger charge is -2.13. The van der Waals surface area contributed by atoms with Gasteiger partial charge in [0, 0.05) is 16.9 Å². The highest BCUT2D eigenvalue weighted by molar-refractivity contribution is 7.92. The van der Waals surface area contributed by atoms with Crippen LogP contribution in [0.15, 0.2) is 65.6 Å². The number of carbonyl (C=O) groups is 2. The zero-order valence-electron chi connectivity index (χ0n) is 17.9. The van der Waals surface area contributed by atoms with Crippen LogP contribution in [0.3, 0.4) is 0 Å². The number of halogens is 1. The zero-order chi connectivity index (χ0) is 24.3. The van der Waals surface area contributed by atoms with Crippen molar-refractivity contribution in [1.29, 1.82) is 0 Å². The van der Waals surface area contributed by atoms with E-state index < -0.39 is 27.7 Å². The molecule has 11 heteroatoms. The lowest BCUT2D eigenvalue weighted by molar-refractivity contribution is -0.115. The fourth-order valence-electron chi connectivity index (χ4n) is 3.20. The molecule has 0 fully saturated rings. The first-order chi connectivity index (χ1) is 16.2. The number of carbonyl (C=O) groups excluding carboxylic acids is 2. The molecular formula is C23H20FN3O6S. The molecule has 0 spiro atoms. The first-order valence-corrected chi connectivity index (χ1v) is 11.6. The van der Waals surface area contributed by atoms with E-state index in [9.17, 15) is 22.4 Å². The normalized spacial score (nSPS) is 12.2. The van der Waals surface area contributed by atoms with Gasteiger partial charge in [0.1, 0.15) is 5.82 Å². The molecule has 0 aromatic heterocycles. The van der Waals surface area contributed by atoms with E-state index in [0.29, 0.717) is 22.6 Å². The van der Waals surface area contributed by atoms with Crippen molar-refractivity contribution in [1.82, 2.24) is 5.32 Å². The van der Waals surface area contributed by atoms with Crippen LogP contribution in [0.5, 0.6) is 11.5 Å². The van der Waals surface area contributed by atoms with Crippen molar-refractivity contribution < 1.29 is 31.9 Å². The van der Waals surface area contributed by atoms with Crippen LogP contribution in [0.1, 0.15) is 15.9 Å². The minimum Gasteiger partial charge on any atom is -0.454 e. The number of hydrogen-bond donors (Lipinski definition) is 3. The van der Waals surface area contributed by atoms with Crippen LogP contribution in [0.25, 0.3) is 0 Å². The Hall–Kier alpha value is -4.12. The lowest BCUT2D eigenvalue weighted by atomic mass is 10.2. The summed E-state index contributed by atoms with van der Waals surface area (Å²) in [5.74, 6) is -0.542. The first kappa shape index (κ1) is 23.1. The number of benzene rings is 3. The highest BCUT2D eigenvalue weighted by atomic mass is 32.2. The average Bonchev–Trinajstić information content (AvgIpc) is 3.28. The van der Waals surface area contributed by atoms with E-state index in [-0.39, 0.29) is 29.6 Å². The molecule has 1 aliphatic rings. The molecule has 0 aliphatic carbocycles. The number of amides is 2. The van der Waals surface area contributed by atoms with Gasteiger partial charge in [0.05, 0.1) is 11.4 Å². The number of sulfonamides is 1. The van der Waals surface area contributed by atoms with Gasteiger partial charge in [-0.3, -0.25) is 14.3 Å². The van der Waals surface area contributed by atoms with Crippen LogP contribution in [0.2, 0.25) is 0 Å². The molecule has 3 aromatic carbocycles. The molecule has 176 valence electrons. The van der Waals surface area contributed by atoms with Crippen molar-refractivity contribution in [2.24, 2.45) is 0 Å². The Labute approximate surface area is 194 Å². The van der Waals surface area contributed by atoms with Crippen LogP contribution < -0.4 is 24.8 Å². The summed E-state index contributed by atoms with van der Waals surface area (Å²) in [5.41, 5.74) is 1.17. The summed E-state index contributed by atoms with van der Waals surface area (Å²) in [7, 11) is -4.00. The molecule has 1 heterocycles. The predicted molar refractivity (Wildman–Crippen MR) is 122 cm³/mol. The molecule has 3 aromatic rings. The number of nitrogens with one attached hydrogen (secondary N) is 3. The minimum absolute atomic E-state index is 0.0565. The third-order valence-electron chi connectivity index (χ3n) is 4.90. The van der Waals surface area contributed by atoms with E-state index in [1.54, 1.807) is 31.2 Å².